The molecule has 0 amide bonds. The van der Waals surface area contributed by atoms with E-state index in [0.717, 1.165) is 82.3 Å². The van der Waals surface area contributed by atoms with Crippen molar-refractivity contribution in [2.75, 3.05) is 37.7 Å². The third-order valence-electron chi connectivity index (χ3n) is 3.20. The molecule has 4 N–H and O–H groups in total. The lowest BCUT2D eigenvalue weighted by molar-refractivity contribution is -0.137. The van der Waals surface area contributed by atoms with Crippen LogP contribution in [-0.2, 0) is 4.79 Å². The van der Waals surface area contributed by atoms with E-state index in [9.17, 15) is 4.79 Å². The smallest absolute Gasteiger partial charge is 0.303 e. The van der Waals surface area contributed by atoms with Gasteiger partial charge in [-0.3, -0.25) is 4.79 Å². The molecule has 0 fully saturated rings. The Morgan fingerprint density at radius 2 is 1.59 bits per heavy atom. The zero-order valence-corrected chi connectivity index (χ0v) is 15.4. The predicted molar refractivity (Wildman–Crippen MR) is 95.8 cm³/mol. The molecular formula is C15H32N2O3SSi. The first-order valence-corrected chi connectivity index (χ1v) is 10.7. The van der Waals surface area contributed by atoms with Gasteiger partial charge in [0.2, 0.25) is 9.76 Å². The summed E-state index contributed by atoms with van der Waals surface area (Å²) in [5, 5.41) is 15.4. The molecule has 0 atom stereocenters. The van der Waals surface area contributed by atoms with Gasteiger partial charge < -0.3 is 20.5 Å². The summed E-state index contributed by atoms with van der Waals surface area (Å²) in [4.78, 5) is 19.0. The zero-order valence-electron chi connectivity index (χ0n) is 13.6. The molecule has 0 aromatic rings. The third-order valence-corrected chi connectivity index (χ3v) is 4.85. The third kappa shape index (κ3) is 19.9. The number of carbonyl (C=O) groups is 1. The van der Waals surface area contributed by atoms with Gasteiger partial charge in [0.25, 0.3) is 0 Å². The minimum absolute atomic E-state index is 0.104. The van der Waals surface area contributed by atoms with Crippen molar-refractivity contribution in [3.63, 3.8) is 0 Å². The van der Waals surface area contributed by atoms with Crippen LogP contribution in [0.4, 0.5) is 0 Å². The van der Waals surface area contributed by atoms with E-state index in [4.69, 9.17) is 9.90 Å². The first-order valence-electron chi connectivity index (χ1n) is 8.35. The fourth-order valence-electron chi connectivity index (χ4n) is 1.95. The van der Waals surface area contributed by atoms with Gasteiger partial charge in [0.05, 0.1) is 0 Å². The molecule has 0 bridgehead atoms. The van der Waals surface area contributed by atoms with Crippen molar-refractivity contribution in [2.24, 2.45) is 0 Å². The quantitative estimate of drug-likeness (QED) is 0.223. The van der Waals surface area contributed by atoms with Crippen molar-refractivity contribution in [1.82, 2.24) is 10.6 Å². The van der Waals surface area contributed by atoms with Gasteiger partial charge in [-0.1, -0.05) is 12.8 Å². The number of hydrogen-bond acceptors (Lipinski definition) is 5. The van der Waals surface area contributed by atoms with Crippen LogP contribution >= 0.6 is 11.8 Å². The second-order valence-corrected chi connectivity index (χ2v) is 7.33. The van der Waals surface area contributed by atoms with Crippen molar-refractivity contribution >= 4 is 27.5 Å². The molecule has 22 heavy (non-hydrogen) atoms. The topological polar surface area (TPSA) is 81.6 Å². The molecular weight excluding hydrogens is 316 g/mol. The monoisotopic (exact) mass is 348 g/mol. The number of thioether (sulfide) groups is 1. The molecule has 0 aliphatic carbocycles. The zero-order chi connectivity index (χ0) is 16.3. The Kier molecular flexibility index (Phi) is 18.9. The van der Waals surface area contributed by atoms with E-state index in [1.54, 1.807) is 0 Å². The van der Waals surface area contributed by atoms with Crippen molar-refractivity contribution in [1.29, 1.82) is 0 Å². The fourth-order valence-corrected chi connectivity index (χ4v) is 3.26. The molecule has 5 nitrogen and oxygen atoms in total. The number of unbranched alkanes of at least 4 members (excludes halogenated alkanes) is 3. The van der Waals surface area contributed by atoms with Gasteiger partial charge in [-0.05, 0) is 57.1 Å². The van der Waals surface area contributed by atoms with Crippen molar-refractivity contribution in [3.05, 3.63) is 0 Å². The van der Waals surface area contributed by atoms with Gasteiger partial charge in [-0.25, -0.2) is 0 Å². The van der Waals surface area contributed by atoms with E-state index in [1.807, 2.05) is 11.8 Å². The average Bonchev–Trinajstić information content (AvgIpc) is 2.50. The summed E-state index contributed by atoms with van der Waals surface area (Å²) in [5.74, 6) is 1.59. The van der Waals surface area contributed by atoms with Gasteiger partial charge in [-0.15, -0.1) is 0 Å². The van der Waals surface area contributed by atoms with E-state index in [1.165, 1.54) is 0 Å². The van der Waals surface area contributed by atoms with Gasteiger partial charge in [0, 0.05) is 18.7 Å². The summed E-state index contributed by atoms with van der Waals surface area (Å²) in [6.45, 7) is 4.23. The van der Waals surface area contributed by atoms with Crippen LogP contribution < -0.4 is 10.6 Å². The maximum absolute atomic E-state index is 10.3. The van der Waals surface area contributed by atoms with Crippen LogP contribution in [0.3, 0.4) is 0 Å². The normalized spacial score (nSPS) is 11.0. The Hall–Kier alpha value is -0.0831. The van der Waals surface area contributed by atoms with Gasteiger partial charge in [0.15, 0.2) is 0 Å². The summed E-state index contributed by atoms with van der Waals surface area (Å²) >= 11 is 1.95. The standard InChI is InChI=1S/C15H32N2O3SSi/c18-15(19)7-2-1-4-12-21-13-11-17-10-6-9-16-8-3-5-14-22-20/h16-17,20H,1-14H2,(H,18,19). The Morgan fingerprint density at radius 1 is 0.864 bits per heavy atom. The molecule has 0 aliphatic heterocycles. The lowest BCUT2D eigenvalue weighted by Crippen LogP contribution is -2.24. The van der Waals surface area contributed by atoms with E-state index >= 15 is 0 Å². The molecule has 0 saturated heterocycles. The van der Waals surface area contributed by atoms with Crippen LogP contribution in [0, 0.1) is 0 Å². The highest BCUT2D eigenvalue weighted by atomic mass is 32.2. The molecule has 0 unspecified atom stereocenters. The van der Waals surface area contributed by atoms with E-state index in [0.29, 0.717) is 6.42 Å². The Balaban J connectivity index is 2.95. The minimum Gasteiger partial charge on any atom is -0.481 e. The maximum atomic E-state index is 10.3. The lowest BCUT2D eigenvalue weighted by atomic mass is 10.2. The molecule has 7 heteroatoms. The first kappa shape index (κ1) is 21.9. The summed E-state index contributed by atoms with van der Waals surface area (Å²) in [5.41, 5.74) is 0. The molecule has 0 aromatic carbocycles. The van der Waals surface area contributed by atoms with Gasteiger partial charge in [0.1, 0.15) is 0 Å². The summed E-state index contributed by atoms with van der Waals surface area (Å²) in [6.07, 6.45) is 6.69. The first-order chi connectivity index (χ1) is 10.8. The number of aliphatic carboxylic acids is 1. The van der Waals surface area contributed by atoms with Gasteiger partial charge in [-0.2, -0.15) is 11.8 Å². The molecule has 130 valence electrons. The fraction of sp³-hybridized carbons (Fsp3) is 0.933. The number of rotatable bonds is 18. The number of hydrogen-bond donors (Lipinski definition) is 4. The second-order valence-electron chi connectivity index (χ2n) is 5.29. The Labute approximate surface area is 142 Å². The molecule has 0 saturated carbocycles. The SMILES string of the molecule is O=C(O)CCCCCSCCNCCCNCCCC[Si]O. The molecule has 0 rings (SSSR count). The van der Waals surface area contributed by atoms with Crippen LogP contribution in [0.2, 0.25) is 6.04 Å². The summed E-state index contributed by atoms with van der Waals surface area (Å²) in [7, 11) is 0.104. The molecule has 0 aromatic heterocycles. The average molecular weight is 349 g/mol. The van der Waals surface area contributed by atoms with Crippen molar-refractivity contribution in [3.8, 4) is 0 Å². The minimum atomic E-state index is -0.683. The second kappa shape index (κ2) is 19.0. The lowest BCUT2D eigenvalue weighted by Gasteiger charge is -2.06. The number of carboxylic acids is 1. The largest absolute Gasteiger partial charge is 0.481 e. The van der Waals surface area contributed by atoms with Crippen LogP contribution in [0.5, 0.6) is 0 Å². The highest BCUT2D eigenvalue weighted by Gasteiger charge is 1.96. The number of carboxylic acid groups (broad SMARTS) is 1. The van der Waals surface area contributed by atoms with Crippen LogP contribution in [0.15, 0.2) is 0 Å². The van der Waals surface area contributed by atoms with E-state index in [2.05, 4.69) is 10.6 Å². The van der Waals surface area contributed by atoms with Crippen molar-refractivity contribution in [2.45, 2.75) is 51.0 Å². The van der Waals surface area contributed by atoms with E-state index in [-0.39, 0.29) is 9.76 Å². The number of nitrogens with one attached hydrogen (secondary N) is 2. The van der Waals surface area contributed by atoms with Crippen LogP contribution in [0.25, 0.3) is 0 Å². The predicted octanol–water partition coefficient (Wildman–Crippen LogP) is 1.74. The van der Waals surface area contributed by atoms with E-state index < -0.39 is 5.97 Å². The molecule has 0 spiro atoms. The highest BCUT2D eigenvalue weighted by Crippen LogP contribution is 2.06. The van der Waals surface area contributed by atoms with Crippen LogP contribution in [-0.4, -0.2) is 63.3 Å². The molecule has 0 heterocycles. The summed E-state index contributed by atoms with van der Waals surface area (Å²) in [6, 6.07) is 0.945. The molecule has 0 aliphatic rings. The Morgan fingerprint density at radius 3 is 2.32 bits per heavy atom. The van der Waals surface area contributed by atoms with Crippen LogP contribution in [0.1, 0.15) is 44.9 Å². The Bertz CT molecular complexity index is 249. The maximum Gasteiger partial charge on any atom is 0.303 e. The molecule has 2 radical (unpaired) electrons. The highest BCUT2D eigenvalue weighted by molar-refractivity contribution is 7.99. The summed E-state index contributed by atoms with van der Waals surface area (Å²) < 4.78 is 0. The van der Waals surface area contributed by atoms with Gasteiger partial charge >= 0.3 is 5.97 Å². The van der Waals surface area contributed by atoms with Crippen molar-refractivity contribution < 1.29 is 14.7 Å².